The van der Waals surface area contributed by atoms with Crippen LogP contribution in [-0.4, -0.2) is 50.5 Å². The molecule has 2 aromatic carbocycles. The molecule has 1 N–H and O–H groups in total. The van der Waals surface area contributed by atoms with E-state index in [1.807, 2.05) is 42.5 Å². The average Bonchev–Trinajstić information content (AvgIpc) is 3.52. The quantitative estimate of drug-likeness (QED) is 0.578. The van der Waals surface area contributed by atoms with Gasteiger partial charge in [-0.2, -0.15) is 0 Å². The highest BCUT2D eigenvalue weighted by Gasteiger charge is 2.42. The van der Waals surface area contributed by atoms with Gasteiger partial charge in [-0.3, -0.25) is 9.59 Å². The van der Waals surface area contributed by atoms with Crippen molar-refractivity contribution in [1.82, 2.24) is 25.2 Å². The van der Waals surface area contributed by atoms with Crippen molar-refractivity contribution in [1.29, 1.82) is 0 Å². The molecule has 178 valence electrons. The number of nitrogens with one attached hydrogen (secondary N) is 1. The number of rotatable bonds is 7. The fourth-order valence-corrected chi connectivity index (χ4v) is 4.37. The number of likely N-dealkylation sites (tertiary alicyclic amines) is 1. The highest BCUT2D eigenvalue weighted by atomic mass is 19.1. The third kappa shape index (κ3) is 5.00. The molecule has 2 heterocycles. The molecule has 34 heavy (non-hydrogen) atoms. The first kappa shape index (κ1) is 23.6. The standard InChI is InChI=1S/C26H30FN5O2/c1-17(2)19-9-11-21(12-10-19)24(20-7-5-4-6-8-20)29-25(33)23-15-22(27)16-31(23)26(34)18(3)32-14-13-28-30-32/h4-14,17-18,22-24H,15-16H2,1-3H3,(H,29,33). The molecule has 1 aliphatic rings. The highest BCUT2D eigenvalue weighted by molar-refractivity contribution is 5.90. The molecular formula is C26H30FN5O2. The van der Waals surface area contributed by atoms with E-state index in [4.69, 9.17) is 0 Å². The minimum absolute atomic E-state index is 0.0323. The summed E-state index contributed by atoms with van der Waals surface area (Å²) < 4.78 is 15.9. The van der Waals surface area contributed by atoms with E-state index in [0.717, 1.165) is 11.1 Å². The number of benzene rings is 2. The van der Waals surface area contributed by atoms with E-state index in [-0.39, 0.29) is 24.8 Å². The van der Waals surface area contributed by atoms with E-state index in [9.17, 15) is 14.0 Å². The van der Waals surface area contributed by atoms with Gasteiger partial charge in [0, 0.05) is 12.6 Å². The second-order valence-corrected chi connectivity index (χ2v) is 9.07. The zero-order valence-corrected chi connectivity index (χ0v) is 19.6. The Balaban J connectivity index is 1.58. The van der Waals surface area contributed by atoms with Crippen molar-refractivity contribution in [3.8, 4) is 0 Å². The van der Waals surface area contributed by atoms with Gasteiger partial charge in [0.05, 0.1) is 18.8 Å². The Kier molecular flexibility index (Phi) is 7.05. The zero-order chi connectivity index (χ0) is 24.2. The second-order valence-electron chi connectivity index (χ2n) is 9.07. The molecule has 0 saturated carbocycles. The number of alkyl halides is 1. The van der Waals surface area contributed by atoms with Crippen LogP contribution in [-0.2, 0) is 9.59 Å². The normalized spacial score (nSPS) is 19.7. The molecule has 0 spiro atoms. The van der Waals surface area contributed by atoms with Crippen LogP contribution >= 0.6 is 0 Å². The molecule has 4 atom stereocenters. The van der Waals surface area contributed by atoms with E-state index >= 15 is 0 Å². The number of amides is 2. The van der Waals surface area contributed by atoms with Crippen molar-refractivity contribution in [3.05, 3.63) is 83.7 Å². The maximum Gasteiger partial charge on any atom is 0.247 e. The fraction of sp³-hybridized carbons (Fsp3) is 0.385. The van der Waals surface area contributed by atoms with Gasteiger partial charge >= 0.3 is 0 Å². The molecule has 0 bridgehead atoms. The van der Waals surface area contributed by atoms with Crippen LogP contribution < -0.4 is 5.32 Å². The topological polar surface area (TPSA) is 80.1 Å². The number of carbonyl (C=O) groups is 2. The minimum Gasteiger partial charge on any atom is -0.343 e. The molecule has 1 aliphatic heterocycles. The van der Waals surface area contributed by atoms with E-state index in [1.54, 1.807) is 13.1 Å². The van der Waals surface area contributed by atoms with Crippen molar-refractivity contribution >= 4 is 11.8 Å². The van der Waals surface area contributed by atoms with Crippen molar-refractivity contribution in [2.75, 3.05) is 6.54 Å². The van der Waals surface area contributed by atoms with Gasteiger partial charge in [0.15, 0.2) is 0 Å². The van der Waals surface area contributed by atoms with Crippen molar-refractivity contribution in [2.24, 2.45) is 0 Å². The molecule has 1 fully saturated rings. The predicted octanol–water partition coefficient (Wildman–Crippen LogP) is 3.81. The summed E-state index contributed by atoms with van der Waals surface area (Å²) in [6.45, 7) is 5.81. The van der Waals surface area contributed by atoms with Crippen LogP contribution in [0.15, 0.2) is 67.0 Å². The van der Waals surface area contributed by atoms with Crippen molar-refractivity contribution in [2.45, 2.75) is 57.4 Å². The molecule has 1 aromatic heterocycles. The Morgan fingerprint density at radius 3 is 2.26 bits per heavy atom. The Hall–Kier alpha value is -3.55. The second kappa shape index (κ2) is 10.2. The first-order valence-electron chi connectivity index (χ1n) is 11.6. The summed E-state index contributed by atoms with van der Waals surface area (Å²) >= 11 is 0. The van der Waals surface area contributed by atoms with Gasteiger partial charge in [-0.05, 0) is 29.5 Å². The molecule has 4 unspecified atom stereocenters. The SMILES string of the molecule is CC(C)c1ccc(C(NC(=O)C2CC(F)CN2C(=O)C(C)n2ccnn2)c2ccccc2)cc1. The molecule has 3 aromatic rings. The Labute approximate surface area is 199 Å². The van der Waals surface area contributed by atoms with E-state index in [1.165, 1.54) is 21.3 Å². The lowest BCUT2D eigenvalue weighted by Gasteiger charge is -2.28. The Bertz CT molecular complexity index is 1100. The lowest BCUT2D eigenvalue weighted by atomic mass is 9.95. The van der Waals surface area contributed by atoms with E-state index in [2.05, 4.69) is 41.6 Å². The summed E-state index contributed by atoms with van der Waals surface area (Å²) in [6.07, 6.45) is 1.76. The maximum absolute atomic E-state index is 14.4. The number of aromatic nitrogens is 3. The van der Waals surface area contributed by atoms with Gasteiger partial charge in [0.1, 0.15) is 18.3 Å². The summed E-state index contributed by atoms with van der Waals surface area (Å²) in [5.74, 6) is -0.338. The molecule has 0 aliphatic carbocycles. The van der Waals surface area contributed by atoms with Crippen molar-refractivity contribution in [3.63, 3.8) is 0 Å². The van der Waals surface area contributed by atoms with Crippen LogP contribution in [0, 0.1) is 0 Å². The third-order valence-electron chi connectivity index (χ3n) is 6.39. The molecular weight excluding hydrogens is 433 g/mol. The van der Waals surface area contributed by atoms with E-state index in [0.29, 0.717) is 5.92 Å². The Morgan fingerprint density at radius 2 is 1.65 bits per heavy atom. The summed E-state index contributed by atoms with van der Waals surface area (Å²) in [4.78, 5) is 27.9. The number of hydrogen-bond donors (Lipinski definition) is 1. The van der Waals surface area contributed by atoms with Crippen LogP contribution in [0.25, 0.3) is 0 Å². The van der Waals surface area contributed by atoms with Gasteiger partial charge in [-0.15, -0.1) is 5.10 Å². The van der Waals surface area contributed by atoms with Gasteiger partial charge in [0.2, 0.25) is 11.8 Å². The molecule has 2 amide bonds. The average molecular weight is 464 g/mol. The molecule has 4 rings (SSSR count). The summed E-state index contributed by atoms with van der Waals surface area (Å²) in [5, 5.41) is 10.7. The minimum atomic E-state index is -1.26. The predicted molar refractivity (Wildman–Crippen MR) is 127 cm³/mol. The molecule has 7 nitrogen and oxygen atoms in total. The largest absolute Gasteiger partial charge is 0.343 e. The zero-order valence-electron chi connectivity index (χ0n) is 19.6. The Morgan fingerprint density at radius 1 is 1.00 bits per heavy atom. The number of hydrogen-bond acceptors (Lipinski definition) is 4. The number of nitrogens with zero attached hydrogens (tertiary/aromatic N) is 4. The van der Waals surface area contributed by atoms with Crippen LogP contribution in [0.2, 0.25) is 0 Å². The van der Waals surface area contributed by atoms with Crippen molar-refractivity contribution < 1.29 is 14.0 Å². The highest BCUT2D eigenvalue weighted by Crippen LogP contribution is 2.28. The van der Waals surface area contributed by atoms with Gasteiger partial charge in [-0.1, -0.05) is 73.7 Å². The summed E-state index contributed by atoms with van der Waals surface area (Å²) in [5.41, 5.74) is 3.04. The van der Waals surface area contributed by atoms with Crippen LogP contribution in [0.5, 0.6) is 0 Å². The first-order valence-corrected chi connectivity index (χ1v) is 11.6. The smallest absolute Gasteiger partial charge is 0.247 e. The lowest BCUT2D eigenvalue weighted by molar-refractivity contribution is -0.141. The van der Waals surface area contributed by atoms with Gasteiger partial charge in [-0.25, -0.2) is 9.07 Å². The molecule has 1 saturated heterocycles. The first-order chi connectivity index (χ1) is 16.3. The fourth-order valence-electron chi connectivity index (χ4n) is 4.37. The van der Waals surface area contributed by atoms with Gasteiger partial charge < -0.3 is 10.2 Å². The maximum atomic E-state index is 14.4. The summed E-state index contributed by atoms with van der Waals surface area (Å²) in [7, 11) is 0. The third-order valence-corrected chi connectivity index (χ3v) is 6.39. The van der Waals surface area contributed by atoms with Gasteiger partial charge in [0.25, 0.3) is 0 Å². The molecule has 0 radical (unpaired) electrons. The lowest BCUT2D eigenvalue weighted by Crippen LogP contribution is -2.48. The number of carbonyl (C=O) groups excluding carboxylic acids is 2. The number of halogens is 1. The van der Waals surface area contributed by atoms with Crippen LogP contribution in [0.4, 0.5) is 4.39 Å². The molecule has 8 heteroatoms. The van der Waals surface area contributed by atoms with Crippen LogP contribution in [0.3, 0.4) is 0 Å². The summed E-state index contributed by atoms with van der Waals surface area (Å²) in [6, 6.07) is 15.8. The van der Waals surface area contributed by atoms with E-state index < -0.39 is 24.3 Å². The monoisotopic (exact) mass is 463 g/mol. The van der Waals surface area contributed by atoms with Crippen LogP contribution in [0.1, 0.15) is 61.9 Å².